The van der Waals surface area contributed by atoms with Crippen LogP contribution in [-0.4, -0.2) is 40.7 Å². The van der Waals surface area contributed by atoms with Crippen LogP contribution in [0.4, 0.5) is 5.13 Å². The number of methoxy groups -OCH3 is 1. The van der Waals surface area contributed by atoms with Gasteiger partial charge in [0.25, 0.3) is 10.0 Å². The summed E-state index contributed by atoms with van der Waals surface area (Å²) in [5.74, 6) is 0.698. The fraction of sp³-hybridized carbons (Fsp3) is 0.231. The predicted octanol–water partition coefficient (Wildman–Crippen LogP) is 1.63. The number of aryl methyl sites for hydroxylation is 1. The van der Waals surface area contributed by atoms with Gasteiger partial charge < -0.3 is 4.74 Å². The van der Waals surface area contributed by atoms with Gasteiger partial charge in [0, 0.05) is 23.7 Å². The van der Waals surface area contributed by atoms with E-state index in [9.17, 15) is 8.42 Å². The summed E-state index contributed by atoms with van der Waals surface area (Å²) in [5, 5.41) is 13.4. The minimum absolute atomic E-state index is 0.0108. The van der Waals surface area contributed by atoms with Crippen LogP contribution in [0, 0.1) is 0 Å². The van der Waals surface area contributed by atoms with Crippen molar-refractivity contribution >= 4 is 26.5 Å². The molecule has 0 aliphatic carbocycles. The summed E-state index contributed by atoms with van der Waals surface area (Å²) in [6.45, 7) is 2.46. The first-order chi connectivity index (χ1) is 11.5. The first-order valence-electron chi connectivity index (χ1n) is 6.92. The van der Waals surface area contributed by atoms with Crippen molar-refractivity contribution in [3.63, 3.8) is 0 Å². The van der Waals surface area contributed by atoms with Gasteiger partial charge in [-0.2, -0.15) is 0 Å². The van der Waals surface area contributed by atoms with E-state index < -0.39 is 10.0 Å². The van der Waals surface area contributed by atoms with Gasteiger partial charge >= 0.3 is 0 Å². The van der Waals surface area contributed by atoms with Crippen LogP contribution in [0.2, 0.25) is 0 Å². The average Bonchev–Trinajstić information content (AvgIpc) is 3.25. The number of sulfonamides is 1. The maximum atomic E-state index is 12.7. The van der Waals surface area contributed by atoms with Crippen molar-refractivity contribution in [3.05, 3.63) is 29.8 Å². The molecule has 3 aromatic rings. The van der Waals surface area contributed by atoms with Gasteiger partial charge in [0.15, 0.2) is 11.0 Å². The van der Waals surface area contributed by atoms with E-state index >= 15 is 0 Å². The zero-order valence-electron chi connectivity index (χ0n) is 12.9. The van der Waals surface area contributed by atoms with Crippen molar-refractivity contribution in [2.75, 3.05) is 11.8 Å². The van der Waals surface area contributed by atoms with Crippen LogP contribution in [0.5, 0.6) is 5.75 Å². The lowest BCUT2D eigenvalue weighted by Crippen LogP contribution is -2.14. The monoisotopic (exact) mass is 366 g/mol. The van der Waals surface area contributed by atoms with Crippen LogP contribution in [0.1, 0.15) is 6.92 Å². The second-order valence-corrected chi connectivity index (χ2v) is 7.17. The molecule has 0 fully saturated rings. The van der Waals surface area contributed by atoms with Crippen molar-refractivity contribution in [3.8, 4) is 17.1 Å². The van der Waals surface area contributed by atoms with E-state index in [1.807, 2.05) is 6.92 Å². The minimum Gasteiger partial charge on any atom is -0.495 e. The molecule has 24 heavy (non-hydrogen) atoms. The van der Waals surface area contributed by atoms with Crippen LogP contribution >= 0.6 is 11.3 Å². The maximum absolute atomic E-state index is 12.7. The molecular formula is C13H14N6O3S2. The summed E-state index contributed by atoms with van der Waals surface area (Å²) in [6.07, 6.45) is 1.52. The van der Waals surface area contributed by atoms with E-state index in [0.29, 0.717) is 17.9 Å². The van der Waals surface area contributed by atoms with Crippen molar-refractivity contribution in [2.45, 2.75) is 18.4 Å². The van der Waals surface area contributed by atoms with Gasteiger partial charge in [0.1, 0.15) is 10.6 Å². The molecule has 0 radical (unpaired) electrons. The molecule has 0 aliphatic heterocycles. The molecule has 1 aromatic carbocycles. The van der Waals surface area contributed by atoms with Crippen LogP contribution < -0.4 is 9.46 Å². The Labute approximate surface area is 142 Å². The largest absolute Gasteiger partial charge is 0.495 e. The third kappa shape index (κ3) is 3.08. The van der Waals surface area contributed by atoms with Gasteiger partial charge in [-0.3, -0.25) is 4.72 Å². The molecule has 9 nitrogen and oxygen atoms in total. The van der Waals surface area contributed by atoms with Gasteiger partial charge in [-0.15, -0.1) is 16.4 Å². The molecule has 3 rings (SSSR count). The lowest BCUT2D eigenvalue weighted by Gasteiger charge is -2.11. The number of nitrogens with zero attached hydrogens (tertiary/aromatic N) is 5. The van der Waals surface area contributed by atoms with Gasteiger partial charge in [0.05, 0.1) is 7.11 Å². The number of anilines is 1. The summed E-state index contributed by atoms with van der Waals surface area (Å²) in [5.41, 5.74) is 0.571. The summed E-state index contributed by atoms with van der Waals surface area (Å²) >= 11 is 1.19. The Bertz CT molecular complexity index is 937. The molecule has 0 unspecified atom stereocenters. The Morgan fingerprint density at radius 2 is 2.21 bits per heavy atom. The lowest BCUT2D eigenvalue weighted by atomic mass is 10.2. The summed E-state index contributed by atoms with van der Waals surface area (Å²) in [6, 6.07) is 4.76. The van der Waals surface area contributed by atoms with Crippen molar-refractivity contribution < 1.29 is 13.2 Å². The standard InChI is InChI=1S/C13H14N6O3S2/c1-3-19-12(15-17-18-19)9-4-5-10(22-2)11(8-9)24(20,21)16-13-14-6-7-23-13/h4-8H,3H2,1-2H3,(H,14,16). The highest BCUT2D eigenvalue weighted by Gasteiger charge is 2.22. The second-order valence-electron chi connectivity index (χ2n) is 4.63. The topological polar surface area (TPSA) is 112 Å². The number of hydrogen-bond donors (Lipinski definition) is 1. The van der Waals surface area contributed by atoms with Crippen molar-refractivity contribution in [1.29, 1.82) is 0 Å². The van der Waals surface area contributed by atoms with E-state index in [0.717, 1.165) is 0 Å². The smallest absolute Gasteiger partial charge is 0.267 e. The highest BCUT2D eigenvalue weighted by atomic mass is 32.2. The highest BCUT2D eigenvalue weighted by molar-refractivity contribution is 7.93. The van der Waals surface area contributed by atoms with Gasteiger partial charge in [-0.05, 0) is 35.5 Å². The van der Waals surface area contributed by atoms with Gasteiger partial charge in [0.2, 0.25) is 0 Å². The molecule has 11 heteroatoms. The third-order valence-corrected chi connectivity index (χ3v) is 5.37. The van der Waals surface area contributed by atoms with Gasteiger partial charge in [-0.25, -0.2) is 18.1 Å². The summed E-state index contributed by atoms with van der Waals surface area (Å²) < 4.78 is 34.5. The Morgan fingerprint density at radius 1 is 1.38 bits per heavy atom. The molecule has 0 saturated heterocycles. The molecule has 0 saturated carbocycles. The minimum atomic E-state index is -3.86. The van der Waals surface area contributed by atoms with E-state index in [4.69, 9.17) is 4.74 Å². The van der Waals surface area contributed by atoms with E-state index in [1.165, 1.54) is 30.7 Å². The van der Waals surface area contributed by atoms with Gasteiger partial charge in [-0.1, -0.05) is 0 Å². The number of thiazole rings is 1. The van der Waals surface area contributed by atoms with Crippen LogP contribution in [0.25, 0.3) is 11.4 Å². The third-order valence-electron chi connectivity index (χ3n) is 3.20. The predicted molar refractivity (Wildman–Crippen MR) is 88.4 cm³/mol. The molecular weight excluding hydrogens is 352 g/mol. The molecule has 2 aromatic heterocycles. The maximum Gasteiger partial charge on any atom is 0.267 e. The number of rotatable bonds is 6. The number of aromatic nitrogens is 5. The fourth-order valence-electron chi connectivity index (χ4n) is 2.09. The number of ether oxygens (including phenoxy) is 1. The number of hydrogen-bond acceptors (Lipinski definition) is 8. The molecule has 126 valence electrons. The normalized spacial score (nSPS) is 11.4. The molecule has 1 N–H and O–H groups in total. The molecule has 0 aliphatic rings. The molecule has 0 amide bonds. The summed E-state index contributed by atoms with van der Waals surface area (Å²) in [7, 11) is -2.45. The number of benzene rings is 1. The Morgan fingerprint density at radius 3 is 2.88 bits per heavy atom. The lowest BCUT2D eigenvalue weighted by molar-refractivity contribution is 0.403. The quantitative estimate of drug-likeness (QED) is 0.705. The zero-order valence-corrected chi connectivity index (χ0v) is 14.5. The molecule has 0 atom stereocenters. The Hall–Kier alpha value is -2.53. The Kier molecular flexibility index (Phi) is 4.44. The molecule has 0 bridgehead atoms. The van der Waals surface area contributed by atoms with Crippen LogP contribution in [0.15, 0.2) is 34.7 Å². The SMILES string of the molecule is CCn1nnnc1-c1ccc(OC)c(S(=O)(=O)Nc2nccs2)c1. The van der Waals surface area contributed by atoms with Crippen molar-refractivity contribution in [1.82, 2.24) is 25.2 Å². The van der Waals surface area contributed by atoms with Crippen LogP contribution in [-0.2, 0) is 16.6 Å². The first-order valence-corrected chi connectivity index (χ1v) is 9.28. The fourth-order valence-corrected chi connectivity index (χ4v) is 4.08. The first kappa shape index (κ1) is 16.3. The summed E-state index contributed by atoms with van der Waals surface area (Å²) in [4.78, 5) is 3.92. The second kappa shape index (κ2) is 6.53. The average molecular weight is 366 g/mol. The zero-order chi connectivity index (χ0) is 17.2. The highest BCUT2D eigenvalue weighted by Crippen LogP contribution is 2.30. The van der Waals surface area contributed by atoms with E-state index in [1.54, 1.807) is 22.2 Å². The van der Waals surface area contributed by atoms with E-state index in [-0.39, 0.29) is 15.8 Å². The number of nitrogens with one attached hydrogen (secondary N) is 1. The number of tetrazole rings is 1. The van der Waals surface area contributed by atoms with Crippen molar-refractivity contribution in [2.24, 2.45) is 0 Å². The molecule has 2 heterocycles. The van der Waals surface area contributed by atoms with E-state index in [2.05, 4.69) is 25.2 Å². The van der Waals surface area contributed by atoms with Crippen LogP contribution in [0.3, 0.4) is 0 Å². The molecule has 0 spiro atoms. The Balaban J connectivity index is 2.07.